The molecule has 0 amide bonds. The van der Waals surface area contributed by atoms with Crippen LogP contribution < -0.4 is 14.9 Å². The van der Waals surface area contributed by atoms with Gasteiger partial charge in [-0.2, -0.15) is 0 Å². The van der Waals surface area contributed by atoms with Crippen molar-refractivity contribution in [1.29, 1.82) is 0 Å². The van der Waals surface area contributed by atoms with Crippen molar-refractivity contribution in [2.75, 3.05) is 12.5 Å². The molecule has 112 valence electrons. The third-order valence-electron chi connectivity index (χ3n) is 3.79. The van der Waals surface area contributed by atoms with Gasteiger partial charge in [0.2, 0.25) is 0 Å². The standard InChI is InChI=1S/C16H21N3O2/c1-20-15-7-6-13(11-18-19-9-8-17-12-19)10-16(15)21-14-4-2-3-5-14/h6-10,12,14,18H,2-5,11H2,1H3. The molecule has 5 heteroatoms. The first-order valence-electron chi connectivity index (χ1n) is 7.40. The Morgan fingerprint density at radius 2 is 2.14 bits per heavy atom. The van der Waals surface area contributed by atoms with E-state index < -0.39 is 0 Å². The average molecular weight is 287 g/mol. The van der Waals surface area contributed by atoms with Crippen molar-refractivity contribution in [1.82, 2.24) is 9.66 Å². The molecule has 1 heterocycles. The molecular weight excluding hydrogens is 266 g/mol. The minimum atomic E-state index is 0.329. The van der Waals surface area contributed by atoms with Crippen LogP contribution in [0, 0.1) is 0 Å². The van der Waals surface area contributed by atoms with Crippen LogP contribution in [0.15, 0.2) is 36.9 Å². The third-order valence-corrected chi connectivity index (χ3v) is 3.79. The van der Waals surface area contributed by atoms with Gasteiger partial charge in [-0.3, -0.25) is 4.68 Å². The van der Waals surface area contributed by atoms with Gasteiger partial charge >= 0.3 is 0 Å². The van der Waals surface area contributed by atoms with Gasteiger partial charge in [-0.25, -0.2) is 4.98 Å². The van der Waals surface area contributed by atoms with Crippen LogP contribution in [-0.2, 0) is 6.54 Å². The number of imidazole rings is 1. The molecule has 1 fully saturated rings. The van der Waals surface area contributed by atoms with E-state index in [2.05, 4.69) is 16.5 Å². The molecule has 0 bridgehead atoms. The summed E-state index contributed by atoms with van der Waals surface area (Å²) in [6.07, 6.45) is 10.5. The van der Waals surface area contributed by atoms with Crippen molar-refractivity contribution in [3.8, 4) is 11.5 Å². The molecule has 1 aliphatic rings. The molecule has 1 aliphatic carbocycles. The number of aromatic nitrogens is 2. The van der Waals surface area contributed by atoms with Gasteiger partial charge in [0.1, 0.15) is 6.33 Å². The molecule has 1 N–H and O–H groups in total. The summed E-state index contributed by atoms with van der Waals surface area (Å²) in [6.45, 7) is 0.710. The summed E-state index contributed by atoms with van der Waals surface area (Å²) in [5, 5.41) is 0. The van der Waals surface area contributed by atoms with Crippen molar-refractivity contribution >= 4 is 0 Å². The summed E-state index contributed by atoms with van der Waals surface area (Å²) in [6, 6.07) is 6.07. The summed E-state index contributed by atoms with van der Waals surface area (Å²) in [7, 11) is 1.68. The van der Waals surface area contributed by atoms with E-state index in [1.807, 2.05) is 23.0 Å². The van der Waals surface area contributed by atoms with Crippen LogP contribution in [0.2, 0.25) is 0 Å². The zero-order valence-corrected chi connectivity index (χ0v) is 12.3. The Labute approximate surface area is 124 Å². The quantitative estimate of drug-likeness (QED) is 0.887. The maximum Gasteiger partial charge on any atom is 0.161 e. The van der Waals surface area contributed by atoms with Gasteiger partial charge in [0.25, 0.3) is 0 Å². The minimum Gasteiger partial charge on any atom is -0.493 e. The number of hydrogen-bond acceptors (Lipinski definition) is 4. The summed E-state index contributed by atoms with van der Waals surface area (Å²) < 4.78 is 13.3. The Kier molecular flexibility index (Phi) is 4.28. The van der Waals surface area contributed by atoms with E-state index >= 15 is 0 Å². The summed E-state index contributed by atoms with van der Waals surface area (Å²) in [4.78, 5) is 4.00. The second-order valence-corrected chi connectivity index (χ2v) is 5.31. The van der Waals surface area contributed by atoms with Crippen molar-refractivity contribution in [2.24, 2.45) is 0 Å². The Balaban J connectivity index is 1.69. The number of nitrogens with zero attached hydrogens (tertiary/aromatic N) is 2. The minimum absolute atomic E-state index is 0.329. The molecular formula is C16H21N3O2. The maximum absolute atomic E-state index is 6.10. The maximum atomic E-state index is 6.10. The van der Waals surface area contributed by atoms with Crippen LogP contribution in [0.5, 0.6) is 11.5 Å². The van der Waals surface area contributed by atoms with E-state index in [1.165, 1.54) is 12.8 Å². The van der Waals surface area contributed by atoms with Gasteiger partial charge in [0.15, 0.2) is 11.5 Å². The Morgan fingerprint density at radius 1 is 1.29 bits per heavy atom. The van der Waals surface area contributed by atoms with Gasteiger partial charge in [-0.15, -0.1) is 0 Å². The summed E-state index contributed by atoms with van der Waals surface area (Å²) in [5.74, 6) is 1.64. The third kappa shape index (κ3) is 3.48. The van der Waals surface area contributed by atoms with E-state index in [0.29, 0.717) is 12.6 Å². The van der Waals surface area contributed by atoms with Gasteiger partial charge in [-0.1, -0.05) is 6.07 Å². The Morgan fingerprint density at radius 3 is 2.86 bits per heavy atom. The largest absolute Gasteiger partial charge is 0.493 e. The first-order chi connectivity index (χ1) is 10.3. The molecule has 1 aromatic carbocycles. The zero-order valence-electron chi connectivity index (χ0n) is 12.3. The molecule has 21 heavy (non-hydrogen) atoms. The Bertz CT molecular complexity index is 563. The molecule has 0 aliphatic heterocycles. The number of ether oxygens (including phenoxy) is 2. The lowest BCUT2D eigenvalue weighted by Crippen LogP contribution is -2.14. The fraction of sp³-hybridized carbons (Fsp3) is 0.438. The van der Waals surface area contributed by atoms with E-state index in [1.54, 1.807) is 19.6 Å². The van der Waals surface area contributed by atoms with Crippen LogP contribution in [-0.4, -0.2) is 22.9 Å². The highest BCUT2D eigenvalue weighted by molar-refractivity contribution is 5.43. The topological polar surface area (TPSA) is 48.3 Å². The lowest BCUT2D eigenvalue weighted by atomic mass is 10.2. The van der Waals surface area contributed by atoms with Crippen LogP contribution in [0.1, 0.15) is 31.2 Å². The monoisotopic (exact) mass is 287 g/mol. The highest BCUT2D eigenvalue weighted by atomic mass is 16.5. The zero-order chi connectivity index (χ0) is 14.5. The lowest BCUT2D eigenvalue weighted by Gasteiger charge is -2.17. The molecule has 2 aromatic rings. The predicted molar refractivity (Wildman–Crippen MR) is 81.2 cm³/mol. The van der Waals surface area contributed by atoms with Gasteiger partial charge in [-0.05, 0) is 43.4 Å². The predicted octanol–water partition coefficient (Wildman–Crippen LogP) is 2.96. The average Bonchev–Trinajstić information content (AvgIpc) is 3.18. The van der Waals surface area contributed by atoms with Gasteiger partial charge in [0, 0.05) is 12.4 Å². The van der Waals surface area contributed by atoms with E-state index in [4.69, 9.17) is 9.47 Å². The highest BCUT2D eigenvalue weighted by Crippen LogP contribution is 2.32. The normalized spacial score (nSPS) is 15.1. The van der Waals surface area contributed by atoms with E-state index in [-0.39, 0.29) is 0 Å². The fourth-order valence-corrected chi connectivity index (χ4v) is 2.64. The number of nitrogens with one attached hydrogen (secondary N) is 1. The summed E-state index contributed by atoms with van der Waals surface area (Å²) >= 11 is 0. The molecule has 0 spiro atoms. The highest BCUT2D eigenvalue weighted by Gasteiger charge is 2.18. The van der Waals surface area contributed by atoms with Crippen LogP contribution in [0.3, 0.4) is 0 Å². The molecule has 5 nitrogen and oxygen atoms in total. The molecule has 0 atom stereocenters. The van der Waals surface area contributed by atoms with Crippen LogP contribution >= 0.6 is 0 Å². The molecule has 0 unspecified atom stereocenters. The fourth-order valence-electron chi connectivity index (χ4n) is 2.64. The van der Waals surface area contributed by atoms with Crippen molar-refractivity contribution in [3.05, 3.63) is 42.5 Å². The van der Waals surface area contributed by atoms with E-state index in [0.717, 1.165) is 29.9 Å². The smallest absolute Gasteiger partial charge is 0.161 e. The van der Waals surface area contributed by atoms with Crippen molar-refractivity contribution < 1.29 is 9.47 Å². The van der Waals surface area contributed by atoms with E-state index in [9.17, 15) is 0 Å². The first kappa shape index (κ1) is 13.8. The number of benzene rings is 1. The van der Waals surface area contributed by atoms with Crippen molar-refractivity contribution in [2.45, 2.75) is 38.3 Å². The molecule has 1 aromatic heterocycles. The second-order valence-electron chi connectivity index (χ2n) is 5.31. The molecule has 3 rings (SSSR count). The Hall–Kier alpha value is -2.17. The number of rotatable bonds is 6. The van der Waals surface area contributed by atoms with Gasteiger partial charge in [0.05, 0.1) is 19.8 Å². The molecule has 0 radical (unpaired) electrons. The second kappa shape index (κ2) is 6.52. The van der Waals surface area contributed by atoms with Gasteiger partial charge < -0.3 is 14.9 Å². The number of hydrogen-bond donors (Lipinski definition) is 1. The first-order valence-corrected chi connectivity index (χ1v) is 7.40. The SMILES string of the molecule is COc1ccc(CNn2ccnc2)cc1OC1CCCC1. The van der Waals surface area contributed by atoms with Crippen molar-refractivity contribution in [3.63, 3.8) is 0 Å². The molecule has 0 saturated heterocycles. The summed E-state index contributed by atoms with van der Waals surface area (Å²) in [5.41, 5.74) is 4.41. The van der Waals surface area contributed by atoms with Crippen LogP contribution in [0.25, 0.3) is 0 Å². The number of methoxy groups -OCH3 is 1. The molecule has 1 saturated carbocycles. The lowest BCUT2D eigenvalue weighted by molar-refractivity contribution is 0.200. The van der Waals surface area contributed by atoms with Crippen LogP contribution in [0.4, 0.5) is 0 Å².